The molecule has 0 spiro atoms. The molecule has 4 aromatic rings. The molecule has 16 nitrogen and oxygen atoms in total. The molecular formula is C36H46Cl2N10Na2O6S2. The average molecular weight is 896 g/mol. The maximum Gasteiger partial charge on any atom is 1.00 e. The second kappa shape index (κ2) is 27.1. The van der Waals surface area contributed by atoms with Gasteiger partial charge in [-0.1, -0.05) is 90.5 Å². The minimum atomic E-state index is -4.95. The fraction of sp³-hybridized carbons (Fsp3) is 0.444. The Bertz CT molecular complexity index is 2030. The van der Waals surface area contributed by atoms with Gasteiger partial charge in [0, 0.05) is 29.4 Å². The third kappa shape index (κ3) is 17.6. The Morgan fingerprint density at radius 3 is 1.66 bits per heavy atom. The van der Waals surface area contributed by atoms with Crippen LogP contribution in [0.2, 0.25) is 10.6 Å². The summed E-state index contributed by atoms with van der Waals surface area (Å²) in [4.78, 5) is 25.3. The zero-order valence-electron chi connectivity index (χ0n) is 33.5. The summed E-state index contributed by atoms with van der Waals surface area (Å²) in [7, 11) is -4.95. The number of halogens is 2. The molecule has 0 radical (unpaired) electrons. The van der Waals surface area contributed by atoms with Crippen LogP contribution in [0, 0.1) is 11.8 Å². The average Bonchev–Trinajstić information content (AvgIpc) is 3.16. The number of anilines is 6. The molecule has 2 aromatic carbocycles. The maximum atomic E-state index is 12.4. The molecule has 0 saturated heterocycles. The summed E-state index contributed by atoms with van der Waals surface area (Å²) >= 11 is 13.0. The van der Waals surface area contributed by atoms with Crippen LogP contribution in [0.25, 0.3) is 12.2 Å². The first-order valence-corrected chi connectivity index (χ1v) is 21.2. The van der Waals surface area contributed by atoms with E-state index < -0.39 is 15.0 Å². The molecule has 4 rings (SSSR count). The SMILES string of the molecule is CCCCC(CC)CNc1nc(Cl)nc(Nc2ccc(/C=C/c3ccc(Nc4nc(Cl)nc(NCC(CC)CCCC)n4)cc3S(=O)(=O)[O-])c(SOO[O-])c2)n1.[Na+].[Na+]. The van der Waals surface area contributed by atoms with Crippen molar-refractivity contribution >= 4 is 92.7 Å². The molecule has 2 heterocycles. The molecule has 2 atom stereocenters. The fourth-order valence-corrected chi connectivity index (χ4v) is 7.13. The van der Waals surface area contributed by atoms with E-state index in [1.54, 1.807) is 30.3 Å². The molecule has 4 N–H and O–H groups in total. The van der Waals surface area contributed by atoms with Crippen molar-refractivity contribution in [3.05, 3.63) is 58.1 Å². The molecule has 0 aliphatic carbocycles. The molecule has 2 unspecified atom stereocenters. The van der Waals surface area contributed by atoms with Gasteiger partial charge in [0.05, 0.1) is 16.9 Å². The monoisotopic (exact) mass is 894 g/mol. The van der Waals surface area contributed by atoms with E-state index in [-0.39, 0.29) is 98.8 Å². The molecule has 0 bridgehead atoms. The van der Waals surface area contributed by atoms with E-state index in [9.17, 15) is 18.2 Å². The van der Waals surface area contributed by atoms with E-state index in [4.69, 9.17) is 23.2 Å². The fourth-order valence-electron chi connectivity index (χ4n) is 5.60. The van der Waals surface area contributed by atoms with Gasteiger partial charge in [0.25, 0.3) is 0 Å². The first-order chi connectivity index (χ1) is 26.9. The van der Waals surface area contributed by atoms with E-state index in [0.29, 0.717) is 59.1 Å². The summed E-state index contributed by atoms with van der Waals surface area (Å²) < 4.78 is 41.9. The minimum absolute atomic E-state index is 0. The van der Waals surface area contributed by atoms with Crippen LogP contribution in [0.5, 0.6) is 0 Å². The van der Waals surface area contributed by atoms with Crippen LogP contribution >= 0.6 is 35.2 Å². The number of benzene rings is 2. The number of hydrogen-bond donors (Lipinski definition) is 4. The molecule has 22 heteroatoms. The summed E-state index contributed by atoms with van der Waals surface area (Å²) in [5.41, 5.74) is 1.31. The number of nitrogens with zero attached hydrogens (tertiary/aromatic N) is 6. The van der Waals surface area contributed by atoms with Crippen LogP contribution in [0.1, 0.15) is 90.2 Å². The van der Waals surface area contributed by atoms with Crippen molar-refractivity contribution in [3.63, 3.8) is 0 Å². The van der Waals surface area contributed by atoms with Gasteiger partial charge in [0.2, 0.25) is 34.4 Å². The van der Waals surface area contributed by atoms with Crippen LogP contribution in [0.15, 0.2) is 46.2 Å². The van der Waals surface area contributed by atoms with Crippen LogP contribution in [0.3, 0.4) is 0 Å². The first kappa shape index (κ1) is 52.3. The van der Waals surface area contributed by atoms with Crippen molar-refractivity contribution in [2.45, 2.75) is 88.9 Å². The third-order valence-electron chi connectivity index (χ3n) is 8.80. The summed E-state index contributed by atoms with van der Waals surface area (Å²) in [5, 5.41) is 26.7. The van der Waals surface area contributed by atoms with Gasteiger partial charge in [0.15, 0.2) is 0 Å². The zero-order chi connectivity index (χ0) is 40.5. The molecule has 0 aliphatic rings. The van der Waals surface area contributed by atoms with Crippen LogP contribution in [-0.4, -0.2) is 56.0 Å². The molecule has 304 valence electrons. The van der Waals surface area contributed by atoms with Gasteiger partial charge in [-0.3, -0.25) is 5.04 Å². The smallest absolute Gasteiger partial charge is 0.744 e. The predicted octanol–water partition coefficient (Wildman–Crippen LogP) is 2.42. The molecule has 0 saturated carbocycles. The summed E-state index contributed by atoms with van der Waals surface area (Å²) in [6.07, 6.45) is 11.6. The normalized spacial score (nSPS) is 12.3. The third-order valence-corrected chi connectivity index (χ3v) is 10.7. The molecule has 0 amide bonds. The van der Waals surface area contributed by atoms with E-state index in [2.05, 4.69) is 88.2 Å². The number of aromatic nitrogens is 6. The number of unbranched alkanes of at least 4 members (excludes halogenated alkanes) is 2. The van der Waals surface area contributed by atoms with E-state index in [1.165, 1.54) is 18.2 Å². The Balaban J connectivity index is 0.00000580. The summed E-state index contributed by atoms with van der Waals surface area (Å²) in [6.45, 7) is 9.91. The Morgan fingerprint density at radius 2 is 1.19 bits per heavy atom. The molecule has 58 heavy (non-hydrogen) atoms. The first-order valence-electron chi connectivity index (χ1n) is 18.3. The number of hydrogen-bond acceptors (Lipinski definition) is 17. The number of nitrogens with one attached hydrogen (secondary N) is 4. The Labute approximate surface area is 398 Å². The van der Waals surface area contributed by atoms with Gasteiger partial charge in [-0.05, 0) is 83.3 Å². The Morgan fingerprint density at radius 1 is 0.724 bits per heavy atom. The Hall–Kier alpha value is -1.88. The van der Waals surface area contributed by atoms with Gasteiger partial charge >= 0.3 is 59.1 Å². The summed E-state index contributed by atoms with van der Waals surface area (Å²) in [5.74, 6) is 1.70. The minimum Gasteiger partial charge on any atom is -0.744 e. The molecule has 0 fully saturated rings. The van der Waals surface area contributed by atoms with Crippen molar-refractivity contribution in [2.75, 3.05) is 34.4 Å². The maximum absolute atomic E-state index is 12.4. The van der Waals surface area contributed by atoms with Crippen molar-refractivity contribution < 1.29 is 86.7 Å². The van der Waals surface area contributed by atoms with Gasteiger partial charge in [0.1, 0.15) is 10.1 Å². The van der Waals surface area contributed by atoms with Crippen LogP contribution < -0.4 is 85.6 Å². The number of rotatable bonds is 24. The van der Waals surface area contributed by atoms with Gasteiger partial charge in [-0.15, -0.1) is 0 Å². The van der Waals surface area contributed by atoms with Crippen LogP contribution in [0.4, 0.5) is 35.2 Å². The quantitative estimate of drug-likeness (QED) is 0.0198. The van der Waals surface area contributed by atoms with E-state index in [0.717, 1.165) is 51.4 Å². The van der Waals surface area contributed by atoms with E-state index >= 15 is 0 Å². The van der Waals surface area contributed by atoms with Gasteiger partial charge in [-0.25, -0.2) is 8.42 Å². The van der Waals surface area contributed by atoms with Crippen molar-refractivity contribution in [3.8, 4) is 0 Å². The standard InChI is InChI=1S/C36H48Cl2N10O6S2.2Na/c1-5-9-11-23(7-3)21-39-33-43-31(37)45-35(47-33)41-27-17-15-25(29(19-27)55-54-53-49)13-14-26-16-18-28(20-30(26)56(50,51)52)42-36-46-32(38)44-34(48-36)40-22-24(8-4)12-10-6-2;;/h13-20,23-24,49H,5-12,21-22H2,1-4H3,(H,50,51,52)(H2,39,41,43,45,47)(H2,40,42,44,46,48);;/q;2*+1/p-2/b14-13+;;. The van der Waals surface area contributed by atoms with Gasteiger partial charge < -0.3 is 31.1 Å². The van der Waals surface area contributed by atoms with Crippen molar-refractivity contribution in [1.29, 1.82) is 0 Å². The van der Waals surface area contributed by atoms with Gasteiger partial charge in [-0.2, -0.15) is 34.2 Å². The molecule has 2 aromatic heterocycles. The Kier molecular flexibility index (Phi) is 24.5. The topological polar surface area (TPSA) is 224 Å². The van der Waals surface area contributed by atoms with Crippen molar-refractivity contribution in [1.82, 2.24) is 29.9 Å². The largest absolute Gasteiger partial charge is 1.00 e. The van der Waals surface area contributed by atoms with Crippen LogP contribution in [-0.2, 0) is 19.5 Å². The second-order valence-corrected chi connectivity index (χ2v) is 15.6. The van der Waals surface area contributed by atoms with E-state index in [1.807, 2.05) is 0 Å². The zero-order valence-corrected chi connectivity index (χ0v) is 40.7. The van der Waals surface area contributed by atoms with Crippen molar-refractivity contribution in [2.24, 2.45) is 11.8 Å². The predicted molar refractivity (Wildman–Crippen MR) is 218 cm³/mol. The molecular weight excluding hydrogens is 849 g/mol. The summed E-state index contributed by atoms with van der Waals surface area (Å²) in [6, 6.07) is 9.18. The second-order valence-electron chi connectivity index (χ2n) is 12.9. The molecule has 0 aliphatic heterocycles.